The number of likely N-dealkylation sites (tertiary alicyclic amines) is 1. The van der Waals surface area contributed by atoms with Crippen LogP contribution < -0.4 is 19.7 Å². The fourth-order valence-corrected chi connectivity index (χ4v) is 5.29. The number of nitrogens with zero attached hydrogens (tertiary/aromatic N) is 4. The van der Waals surface area contributed by atoms with Crippen molar-refractivity contribution in [1.82, 2.24) is 14.9 Å². The number of hydrogen-bond donors (Lipinski definition) is 1. The number of piperidine rings is 2. The van der Waals surface area contributed by atoms with Crippen molar-refractivity contribution in [3.63, 3.8) is 0 Å². The monoisotopic (exact) mass is 475 g/mol. The normalized spacial score (nSPS) is 17.5. The smallest absolute Gasteiger partial charge is 0.227 e. The van der Waals surface area contributed by atoms with E-state index in [1.165, 1.54) is 30.4 Å². The minimum atomic E-state index is 0.379. The molecule has 1 aromatic heterocycles. The van der Waals surface area contributed by atoms with E-state index in [-0.39, 0.29) is 0 Å². The first-order valence-corrected chi connectivity index (χ1v) is 12.9. The predicted molar refractivity (Wildman–Crippen MR) is 142 cm³/mol. The predicted octanol–water partition coefficient (Wildman–Crippen LogP) is 5.02. The van der Waals surface area contributed by atoms with E-state index in [9.17, 15) is 0 Å². The van der Waals surface area contributed by atoms with Crippen molar-refractivity contribution in [3.8, 4) is 11.5 Å². The van der Waals surface area contributed by atoms with Gasteiger partial charge in [0.05, 0.1) is 19.7 Å². The molecule has 186 valence electrons. The van der Waals surface area contributed by atoms with Crippen LogP contribution in [0.15, 0.2) is 36.4 Å². The van der Waals surface area contributed by atoms with Crippen LogP contribution in [0.25, 0.3) is 10.9 Å². The summed E-state index contributed by atoms with van der Waals surface area (Å²) in [5.41, 5.74) is 3.61. The number of aromatic nitrogens is 2. The summed E-state index contributed by atoms with van der Waals surface area (Å²) in [7, 11) is 3.34. The summed E-state index contributed by atoms with van der Waals surface area (Å²) < 4.78 is 11.2. The summed E-state index contributed by atoms with van der Waals surface area (Å²) >= 11 is 0. The van der Waals surface area contributed by atoms with Crippen molar-refractivity contribution in [1.29, 1.82) is 0 Å². The van der Waals surface area contributed by atoms with E-state index in [1.54, 1.807) is 14.2 Å². The molecule has 0 radical (unpaired) electrons. The number of hydrogen-bond acceptors (Lipinski definition) is 7. The number of aryl methyl sites for hydroxylation is 1. The Labute approximate surface area is 208 Å². The highest BCUT2D eigenvalue weighted by Crippen LogP contribution is 2.36. The number of methoxy groups -OCH3 is 2. The average Bonchev–Trinajstić information content (AvgIpc) is 2.89. The van der Waals surface area contributed by atoms with Crippen LogP contribution in [-0.2, 0) is 6.54 Å². The van der Waals surface area contributed by atoms with Gasteiger partial charge in [0.25, 0.3) is 0 Å². The molecule has 2 saturated heterocycles. The summed E-state index contributed by atoms with van der Waals surface area (Å²) in [6.45, 7) is 7.34. The lowest BCUT2D eigenvalue weighted by Crippen LogP contribution is -2.39. The van der Waals surface area contributed by atoms with Crippen LogP contribution in [0.4, 0.5) is 11.8 Å². The first-order valence-electron chi connectivity index (χ1n) is 12.9. The molecule has 0 saturated carbocycles. The fourth-order valence-electron chi connectivity index (χ4n) is 5.29. The van der Waals surface area contributed by atoms with Crippen LogP contribution in [0, 0.1) is 6.92 Å². The van der Waals surface area contributed by atoms with Crippen LogP contribution in [-0.4, -0.2) is 61.3 Å². The highest BCUT2D eigenvalue weighted by Gasteiger charge is 2.23. The molecule has 7 nitrogen and oxygen atoms in total. The van der Waals surface area contributed by atoms with Crippen LogP contribution in [0.5, 0.6) is 11.5 Å². The first-order chi connectivity index (χ1) is 17.1. The third-order valence-electron chi connectivity index (χ3n) is 7.25. The molecule has 0 amide bonds. The zero-order valence-electron chi connectivity index (χ0n) is 21.2. The van der Waals surface area contributed by atoms with Crippen LogP contribution in [0.1, 0.15) is 43.2 Å². The van der Waals surface area contributed by atoms with Crippen LogP contribution in [0.2, 0.25) is 0 Å². The van der Waals surface area contributed by atoms with Gasteiger partial charge < -0.3 is 19.7 Å². The second kappa shape index (κ2) is 10.7. The summed E-state index contributed by atoms with van der Waals surface area (Å²) in [4.78, 5) is 14.8. The molecule has 0 spiro atoms. The zero-order chi connectivity index (χ0) is 24.2. The maximum atomic E-state index is 5.59. The lowest BCUT2D eigenvalue weighted by atomic mass is 10.0. The number of ether oxygens (including phenoxy) is 2. The molecule has 35 heavy (non-hydrogen) atoms. The van der Waals surface area contributed by atoms with Gasteiger partial charge in [-0.15, -0.1) is 0 Å². The summed E-state index contributed by atoms with van der Waals surface area (Å²) in [5.74, 6) is 3.10. The van der Waals surface area contributed by atoms with E-state index in [1.807, 2.05) is 12.1 Å². The highest BCUT2D eigenvalue weighted by atomic mass is 16.5. The lowest BCUT2D eigenvalue weighted by molar-refractivity contribution is 0.211. The number of rotatable bonds is 7. The highest BCUT2D eigenvalue weighted by molar-refractivity contribution is 5.93. The van der Waals surface area contributed by atoms with Gasteiger partial charge >= 0.3 is 0 Å². The molecule has 5 rings (SSSR count). The largest absolute Gasteiger partial charge is 0.493 e. The Morgan fingerprint density at radius 1 is 0.914 bits per heavy atom. The minimum Gasteiger partial charge on any atom is -0.493 e. The van der Waals surface area contributed by atoms with Crippen molar-refractivity contribution in [2.75, 3.05) is 50.6 Å². The number of nitrogens with one attached hydrogen (secondary N) is 1. The molecule has 0 unspecified atom stereocenters. The quantitative estimate of drug-likeness (QED) is 0.515. The average molecular weight is 476 g/mol. The van der Waals surface area contributed by atoms with E-state index < -0.39 is 0 Å². The van der Waals surface area contributed by atoms with Crippen molar-refractivity contribution in [2.45, 2.75) is 51.6 Å². The Hall–Kier alpha value is -3.06. The second-order valence-corrected chi connectivity index (χ2v) is 9.83. The standard InChI is InChI=1S/C28H37N5O2/c1-20-8-7-9-21(16-20)19-32-14-10-22(11-15-32)29-27-23-17-25(34-2)26(35-3)18-24(23)30-28(31-27)33-12-5-4-6-13-33/h7-9,16-18,22H,4-6,10-15,19H2,1-3H3,(H,29,30,31). The Kier molecular flexibility index (Phi) is 7.23. The maximum Gasteiger partial charge on any atom is 0.227 e. The third kappa shape index (κ3) is 5.45. The van der Waals surface area contributed by atoms with Gasteiger partial charge in [-0.25, -0.2) is 4.98 Å². The Morgan fingerprint density at radius 3 is 2.37 bits per heavy atom. The van der Waals surface area contributed by atoms with Crippen LogP contribution >= 0.6 is 0 Å². The molecular formula is C28H37N5O2. The zero-order valence-corrected chi connectivity index (χ0v) is 21.2. The van der Waals surface area contributed by atoms with Gasteiger partial charge in [-0.3, -0.25) is 4.90 Å². The van der Waals surface area contributed by atoms with Gasteiger partial charge in [0.15, 0.2) is 11.5 Å². The molecule has 2 fully saturated rings. The fraction of sp³-hybridized carbons (Fsp3) is 0.500. The molecule has 7 heteroatoms. The van der Waals surface area contributed by atoms with Crippen molar-refractivity contribution in [2.24, 2.45) is 0 Å². The maximum absolute atomic E-state index is 5.59. The number of benzene rings is 2. The molecule has 1 N–H and O–H groups in total. The topological polar surface area (TPSA) is 62.8 Å². The number of anilines is 2. The molecule has 0 bridgehead atoms. The van der Waals surface area contributed by atoms with Crippen molar-refractivity contribution >= 4 is 22.7 Å². The van der Waals surface area contributed by atoms with Gasteiger partial charge in [-0.2, -0.15) is 4.98 Å². The molecule has 2 aromatic carbocycles. The molecular weight excluding hydrogens is 438 g/mol. The third-order valence-corrected chi connectivity index (χ3v) is 7.25. The van der Waals surface area contributed by atoms with E-state index in [4.69, 9.17) is 19.4 Å². The number of fused-ring (bicyclic) bond motifs is 1. The SMILES string of the molecule is COc1cc2nc(N3CCCCC3)nc(NC3CCN(Cc4cccc(C)c4)CC3)c2cc1OC. The van der Waals surface area contributed by atoms with Crippen molar-refractivity contribution < 1.29 is 9.47 Å². The van der Waals surface area contributed by atoms with Gasteiger partial charge in [-0.05, 0) is 50.7 Å². The van der Waals surface area contributed by atoms with Gasteiger partial charge in [-0.1, -0.05) is 29.8 Å². The Bertz CT molecular complexity index is 1150. The molecule has 0 atom stereocenters. The van der Waals surface area contributed by atoms with Gasteiger partial charge in [0.2, 0.25) is 5.95 Å². The summed E-state index contributed by atoms with van der Waals surface area (Å²) in [5, 5.41) is 4.76. The Morgan fingerprint density at radius 2 is 1.66 bits per heavy atom. The van der Waals surface area contributed by atoms with Gasteiger partial charge in [0, 0.05) is 50.2 Å². The Balaban J connectivity index is 1.36. The lowest BCUT2D eigenvalue weighted by Gasteiger charge is -2.33. The molecule has 3 heterocycles. The summed E-state index contributed by atoms with van der Waals surface area (Å²) in [6.07, 6.45) is 5.83. The summed E-state index contributed by atoms with van der Waals surface area (Å²) in [6, 6.07) is 13.2. The van der Waals surface area contributed by atoms with E-state index >= 15 is 0 Å². The minimum absolute atomic E-state index is 0.379. The van der Waals surface area contributed by atoms with Gasteiger partial charge in [0.1, 0.15) is 5.82 Å². The first kappa shape index (κ1) is 23.7. The second-order valence-electron chi connectivity index (χ2n) is 9.83. The molecule has 3 aromatic rings. The molecule has 2 aliphatic rings. The van der Waals surface area contributed by atoms with E-state index in [0.717, 1.165) is 68.2 Å². The molecule has 2 aliphatic heterocycles. The van der Waals surface area contributed by atoms with E-state index in [2.05, 4.69) is 46.3 Å². The van der Waals surface area contributed by atoms with E-state index in [0.29, 0.717) is 17.5 Å². The van der Waals surface area contributed by atoms with Crippen molar-refractivity contribution in [3.05, 3.63) is 47.5 Å². The van der Waals surface area contributed by atoms with Crippen LogP contribution in [0.3, 0.4) is 0 Å². The molecule has 0 aliphatic carbocycles.